The van der Waals surface area contributed by atoms with Gasteiger partial charge in [-0.1, -0.05) is 42.5 Å². The van der Waals surface area contributed by atoms with Crippen molar-refractivity contribution in [3.63, 3.8) is 0 Å². The fourth-order valence-electron chi connectivity index (χ4n) is 3.03. The van der Waals surface area contributed by atoms with Crippen LogP contribution in [0.25, 0.3) is 11.1 Å². The summed E-state index contributed by atoms with van der Waals surface area (Å²) in [6, 6.07) is 19.6. The molecule has 1 aliphatic rings. The molecule has 1 aromatic heterocycles. The maximum atomic E-state index is 13.0. The van der Waals surface area contributed by atoms with Crippen molar-refractivity contribution in [3.05, 3.63) is 70.9 Å². The third kappa shape index (κ3) is 3.30. The van der Waals surface area contributed by atoms with Gasteiger partial charge in [0.15, 0.2) is 17.6 Å². The summed E-state index contributed by atoms with van der Waals surface area (Å²) < 4.78 is 11.7. The van der Waals surface area contributed by atoms with Gasteiger partial charge in [0.2, 0.25) is 0 Å². The van der Waals surface area contributed by atoms with Crippen molar-refractivity contribution in [3.8, 4) is 22.6 Å². The minimum atomic E-state index is -0.181. The van der Waals surface area contributed by atoms with E-state index in [9.17, 15) is 4.79 Å². The Hall–Kier alpha value is -2.79. The molecule has 2 heterocycles. The Bertz CT molecular complexity index is 906. The van der Waals surface area contributed by atoms with Gasteiger partial charge in [-0.15, -0.1) is 11.3 Å². The van der Waals surface area contributed by atoms with Crippen LogP contribution in [0.1, 0.15) is 9.67 Å². The van der Waals surface area contributed by atoms with Crippen molar-refractivity contribution in [1.29, 1.82) is 0 Å². The molecule has 4 nitrogen and oxygen atoms in total. The lowest BCUT2D eigenvalue weighted by Gasteiger charge is -2.29. The highest BCUT2D eigenvalue weighted by Crippen LogP contribution is 2.32. The number of carbonyl (C=O) groups excluding carboxylic acids is 1. The summed E-state index contributed by atoms with van der Waals surface area (Å²) in [5.41, 5.74) is 2.02. The summed E-state index contributed by atoms with van der Waals surface area (Å²) >= 11 is 1.47. The number of thiophene rings is 1. The number of hydrogen-bond donors (Lipinski definition) is 0. The van der Waals surface area contributed by atoms with E-state index in [1.807, 2.05) is 66.0 Å². The van der Waals surface area contributed by atoms with E-state index in [1.54, 1.807) is 11.9 Å². The third-order valence-electron chi connectivity index (χ3n) is 4.34. The first kappa shape index (κ1) is 16.7. The van der Waals surface area contributed by atoms with Gasteiger partial charge in [-0.05, 0) is 29.1 Å². The number of likely N-dealkylation sites (N-methyl/N-ethyl adjacent to an activating group) is 1. The number of hydrogen-bond acceptors (Lipinski definition) is 4. The van der Waals surface area contributed by atoms with E-state index in [1.165, 1.54) is 11.3 Å². The molecule has 0 bridgehead atoms. The minimum absolute atomic E-state index is 0.00121. The molecule has 0 fully saturated rings. The van der Waals surface area contributed by atoms with Gasteiger partial charge in [-0.25, -0.2) is 0 Å². The smallest absolute Gasteiger partial charge is 0.264 e. The van der Waals surface area contributed by atoms with Crippen molar-refractivity contribution < 1.29 is 14.3 Å². The number of ether oxygens (including phenoxy) is 2. The molecule has 0 unspecified atom stereocenters. The zero-order valence-corrected chi connectivity index (χ0v) is 15.2. The molecule has 0 spiro atoms. The zero-order valence-electron chi connectivity index (χ0n) is 14.4. The van der Waals surface area contributed by atoms with Crippen LogP contribution >= 0.6 is 11.3 Å². The molecule has 26 heavy (non-hydrogen) atoms. The molecule has 1 atom stereocenters. The van der Waals surface area contributed by atoms with Crippen LogP contribution in [0.5, 0.6) is 11.5 Å². The number of para-hydroxylation sites is 2. The molecular weight excluding hydrogens is 346 g/mol. The fraction of sp³-hybridized carbons (Fsp3) is 0.190. The van der Waals surface area contributed by atoms with Crippen LogP contribution in [0.2, 0.25) is 0 Å². The van der Waals surface area contributed by atoms with Gasteiger partial charge >= 0.3 is 0 Å². The van der Waals surface area contributed by atoms with E-state index in [0.29, 0.717) is 13.2 Å². The number of carbonyl (C=O) groups is 1. The average Bonchev–Trinajstić information content (AvgIpc) is 3.17. The van der Waals surface area contributed by atoms with E-state index >= 15 is 0 Å². The van der Waals surface area contributed by atoms with Crippen LogP contribution in [0.15, 0.2) is 66.0 Å². The molecule has 0 saturated carbocycles. The maximum absolute atomic E-state index is 13.0. The first-order valence-corrected chi connectivity index (χ1v) is 9.37. The summed E-state index contributed by atoms with van der Waals surface area (Å²) in [5.74, 6) is 1.48. The van der Waals surface area contributed by atoms with Crippen molar-refractivity contribution in [2.75, 3.05) is 20.2 Å². The Morgan fingerprint density at radius 3 is 2.62 bits per heavy atom. The monoisotopic (exact) mass is 365 g/mol. The zero-order chi connectivity index (χ0) is 17.9. The number of nitrogens with zero attached hydrogens (tertiary/aromatic N) is 1. The first-order chi connectivity index (χ1) is 12.7. The normalized spacial score (nSPS) is 15.5. The average molecular weight is 365 g/mol. The van der Waals surface area contributed by atoms with Gasteiger partial charge in [-0.3, -0.25) is 4.79 Å². The fourth-order valence-corrected chi connectivity index (χ4v) is 3.94. The van der Waals surface area contributed by atoms with Crippen LogP contribution in [-0.4, -0.2) is 37.1 Å². The van der Waals surface area contributed by atoms with Crippen molar-refractivity contribution in [1.82, 2.24) is 4.90 Å². The lowest BCUT2D eigenvalue weighted by Crippen LogP contribution is -2.41. The Morgan fingerprint density at radius 2 is 1.81 bits per heavy atom. The van der Waals surface area contributed by atoms with Crippen molar-refractivity contribution in [2.24, 2.45) is 0 Å². The van der Waals surface area contributed by atoms with Gasteiger partial charge in [0.25, 0.3) is 5.91 Å². The van der Waals surface area contributed by atoms with Crippen molar-refractivity contribution >= 4 is 17.2 Å². The second-order valence-corrected chi connectivity index (χ2v) is 7.13. The third-order valence-corrected chi connectivity index (χ3v) is 5.24. The first-order valence-electron chi connectivity index (χ1n) is 8.49. The van der Waals surface area contributed by atoms with Gasteiger partial charge in [0.05, 0.1) is 11.4 Å². The molecule has 0 N–H and O–H groups in total. The quantitative estimate of drug-likeness (QED) is 0.691. The number of benzene rings is 2. The molecule has 4 rings (SSSR count). The Kier molecular flexibility index (Phi) is 4.63. The van der Waals surface area contributed by atoms with Gasteiger partial charge < -0.3 is 14.4 Å². The molecule has 5 heteroatoms. The van der Waals surface area contributed by atoms with Gasteiger partial charge in [-0.2, -0.15) is 0 Å². The van der Waals surface area contributed by atoms with Gasteiger partial charge in [0, 0.05) is 12.6 Å². The minimum Gasteiger partial charge on any atom is -0.486 e. The Morgan fingerprint density at radius 1 is 1.08 bits per heavy atom. The molecule has 0 aliphatic carbocycles. The summed E-state index contributed by atoms with van der Waals surface area (Å²) in [6.45, 7) is 0.907. The SMILES string of the molecule is CN(C[C@H]1COc2ccccc2O1)C(=O)c1sccc1-c1ccccc1. The summed E-state index contributed by atoms with van der Waals surface area (Å²) in [7, 11) is 1.81. The van der Waals surface area contributed by atoms with Crippen molar-refractivity contribution in [2.45, 2.75) is 6.10 Å². The Labute approximate surface area is 156 Å². The maximum Gasteiger partial charge on any atom is 0.264 e. The number of fused-ring (bicyclic) bond motifs is 1. The topological polar surface area (TPSA) is 38.8 Å². The largest absolute Gasteiger partial charge is 0.486 e. The van der Waals surface area contributed by atoms with Crippen LogP contribution in [0, 0.1) is 0 Å². The standard InChI is InChI=1S/C21H19NO3S/c1-22(13-16-14-24-18-9-5-6-10-19(18)25-16)21(23)20-17(11-12-26-20)15-7-3-2-4-8-15/h2-12,16H,13-14H2,1H3/t16-/m0/s1. The lowest BCUT2D eigenvalue weighted by atomic mass is 10.1. The highest BCUT2D eigenvalue weighted by Gasteiger charge is 2.25. The molecule has 1 amide bonds. The molecular formula is C21H19NO3S. The highest BCUT2D eigenvalue weighted by atomic mass is 32.1. The Balaban J connectivity index is 1.47. The second-order valence-electron chi connectivity index (χ2n) is 6.21. The summed E-state index contributed by atoms with van der Waals surface area (Å²) in [6.07, 6.45) is -0.181. The molecule has 1 aliphatic heterocycles. The van der Waals surface area contributed by atoms with Crippen LogP contribution in [0.4, 0.5) is 0 Å². The van der Waals surface area contributed by atoms with E-state index < -0.39 is 0 Å². The summed E-state index contributed by atoms with van der Waals surface area (Å²) in [4.78, 5) is 15.4. The van der Waals surface area contributed by atoms with E-state index in [-0.39, 0.29) is 12.0 Å². The molecule has 3 aromatic rings. The van der Waals surface area contributed by atoms with Gasteiger partial charge in [0.1, 0.15) is 6.61 Å². The predicted molar refractivity (Wildman–Crippen MR) is 103 cm³/mol. The second kappa shape index (κ2) is 7.22. The molecule has 0 radical (unpaired) electrons. The molecule has 132 valence electrons. The lowest BCUT2D eigenvalue weighted by molar-refractivity contribution is 0.0524. The number of amides is 1. The van der Waals surface area contributed by atoms with Crippen LogP contribution < -0.4 is 9.47 Å². The van der Waals surface area contributed by atoms with Crippen LogP contribution in [0.3, 0.4) is 0 Å². The van der Waals surface area contributed by atoms with E-state index in [0.717, 1.165) is 27.5 Å². The molecule has 2 aromatic carbocycles. The predicted octanol–water partition coefficient (Wildman–Crippen LogP) is 4.33. The molecule has 0 saturated heterocycles. The number of rotatable bonds is 4. The van der Waals surface area contributed by atoms with E-state index in [4.69, 9.17) is 9.47 Å². The highest BCUT2D eigenvalue weighted by molar-refractivity contribution is 7.12. The summed E-state index contributed by atoms with van der Waals surface area (Å²) in [5, 5.41) is 1.96. The van der Waals surface area contributed by atoms with E-state index in [2.05, 4.69) is 0 Å². The van der Waals surface area contributed by atoms with Crippen LogP contribution in [-0.2, 0) is 0 Å².